The third kappa shape index (κ3) is 3.30. The molecular weight excluding hydrogens is 242 g/mol. The molecule has 1 aromatic rings. The monoisotopic (exact) mass is 263 g/mol. The van der Waals surface area contributed by atoms with E-state index in [1.54, 1.807) is 14.2 Å². The predicted octanol–water partition coefficient (Wildman–Crippen LogP) is 1.91. The molecule has 0 radical (unpaired) electrons. The summed E-state index contributed by atoms with van der Waals surface area (Å²) in [4.78, 5) is 13.4. The Kier molecular flexibility index (Phi) is 4.49. The van der Waals surface area contributed by atoms with Crippen LogP contribution in [0.1, 0.15) is 12.8 Å². The van der Waals surface area contributed by atoms with Gasteiger partial charge in [0.2, 0.25) is 0 Å². The number of anilines is 1. The Balaban J connectivity index is 1.90. The van der Waals surface area contributed by atoms with E-state index in [-0.39, 0.29) is 6.03 Å². The van der Waals surface area contributed by atoms with Gasteiger partial charge in [-0.1, -0.05) is 12.1 Å². The Hall–Kier alpha value is -1.91. The minimum Gasteiger partial charge on any atom is -0.495 e. The summed E-state index contributed by atoms with van der Waals surface area (Å²) in [6.45, 7) is 1.57. The number of hydrogen-bond acceptors (Lipinski definition) is 3. The number of urea groups is 1. The van der Waals surface area contributed by atoms with E-state index in [1.165, 1.54) is 0 Å². The quantitative estimate of drug-likeness (QED) is 0.876. The standard InChI is InChI=1S/C14H21N3O2/c1-15-14(18)17-9-7-11(8-10-17)16-12-5-3-4-6-13(12)19-2/h3-6,11,16H,7-10H2,1-2H3,(H,15,18). The molecule has 1 saturated heterocycles. The van der Waals surface area contributed by atoms with Crippen molar-refractivity contribution in [3.05, 3.63) is 24.3 Å². The molecule has 2 rings (SSSR count). The number of para-hydroxylation sites is 2. The van der Waals surface area contributed by atoms with Gasteiger partial charge < -0.3 is 20.3 Å². The number of hydrogen-bond donors (Lipinski definition) is 2. The largest absolute Gasteiger partial charge is 0.495 e. The SMILES string of the molecule is CNC(=O)N1CCC(Nc2ccccc2OC)CC1. The second kappa shape index (κ2) is 6.31. The van der Waals surface area contributed by atoms with Gasteiger partial charge in [0.1, 0.15) is 5.75 Å². The number of nitrogens with zero attached hydrogens (tertiary/aromatic N) is 1. The Morgan fingerprint density at radius 2 is 2.00 bits per heavy atom. The van der Waals surface area contributed by atoms with Crippen LogP contribution in [-0.4, -0.2) is 44.2 Å². The summed E-state index contributed by atoms with van der Waals surface area (Å²) in [7, 11) is 3.34. The van der Waals surface area contributed by atoms with E-state index in [9.17, 15) is 4.79 Å². The van der Waals surface area contributed by atoms with Gasteiger partial charge in [0, 0.05) is 26.2 Å². The number of carbonyl (C=O) groups is 1. The number of amides is 2. The minimum absolute atomic E-state index is 0.00995. The molecule has 0 aromatic heterocycles. The highest BCUT2D eigenvalue weighted by molar-refractivity contribution is 5.73. The summed E-state index contributed by atoms with van der Waals surface area (Å²) in [6.07, 6.45) is 1.90. The van der Waals surface area contributed by atoms with E-state index >= 15 is 0 Å². The van der Waals surface area contributed by atoms with Crippen LogP contribution in [0.15, 0.2) is 24.3 Å². The molecule has 0 unspecified atom stereocenters. The highest BCUT2D eigenvalue weighted by atomic mass is 16.5. The molecule has 2 N–H and O–H groups in total. The predicted molar refractivity (Wildman–Crippen MR) is 75.7 cm³/mol. The zero-order valence-electron chi connectivity index (χ0n) is 11.5. The highest BCUT2D eigenvalue weighted by Gasteiger charge is 2.22. The van der Waals surface area contributed by atoms with Crippen molar-refractivity contribution in [3.8, 4) is 5.75 Å². The van der Waals surface area contributed by atoms with Crippen LogP contribution in [0.3, 0.4) is 0 Å². The van der Waals surface area contributed by atoms with Crippen LogP contribution < -0.4 is 15.4 Å². The fourth-order valence-corrected chi connectivity index (χ4v) is 2.37. The summed E-state index contributed by atoms with van der Waals surface area (Å²) in [5.41, 5.74) is 1.02. The van der Waals surface area contributed by atoms with Crippen molar-refractivity contribution in [2.24, 2.45) is 0 Å². The molecule has 1 aromatic carbocycles. The van der Waals surface area contributed by atoms with Crippen LogP contribution in [0, 0.1) is 0 Å². The van der Waals surface area contributed by atoms with Gasteiger partial charge in [-0.15, -0.1) is 0 Å². The highest BCUT2D eigenvalue weighted by Crippen LogP contribution is 2.25. The van der Waals surface area contributed by atoms with Crippen LogP contribution in [0.4, 0.5) is 10.5 Å². The van der Waals surface area contributed by atoms with E-state index in [0.717, 1.165) is 37.4 Å². The van der Waals surface area contributed by atoms with E-state index in [2.05, 4.69) is 10.6 Å². The van der Waals surface area contributed by atoms with Gasteiger partial charge in [0.15, 0.2) is 0 Å². The number of ether oxygens (including phenoxy) is 1. The van der Waals surface area contributed by atoms with Crippen LogP contribution in [-0.2, 0) is 0 Å². The first-order valence-electron chi connectivity index (χ1n) is 6.61. The van der Waals surface area contributed by atoms with E-state index in [0.29, 0.717) is 6.04 Å². The minimum atomic E-state index is 0.00995. The third-order valence-electron chi connectivity index (χ3n) is 3.46. The van der Waals surface area contributed by atoms with E-state index < -0.39 is 0 Å². The van der Waals surface area contributed by atoms with Crippen LogP contribution in [0.25, 0.3) is 0 Å². The number of benzene rings is 1. The first kappa shape index (κ1) is 13.5. The number of carbonyl (C=O) groups excluding carboxylic acids is 1. The fourth-order valence-electron chi connectivity index (χ4n) is 2.37. The average molecular weight is 263 g/mol. The van der Waals surface area contributed by atoms with Gasteiger partial charge in [-0.25, -0.2) is 4.79 Å². The lowest BCUT2D eigenvalue weighted by atomic mass is 10.0. The molecule has 5 nitrogen and oxygen atoms in total. The molecule has 0 aliphatic carbocycles. The molecule has 5 heteroatoms. The van der Waals surface area contributed by atoms with Crippen molar-refractivity contribution in [2.75, 3.05) is 32.6 Å². The maximum absolute atomic E-state index is 11.5. The first-order valence-corrected chi connectivity index (χ1v) is 6.61. The Morgan fingerprint density at radius 3 is 2.63 bits per heavy atom. The average Bonchev–Trinajstić information content (AvgIpc) is 2.48. The summed E-state index contributed by atoms with van der Waals surface area (Å²) < 4.78 is 5.33. The normalized spacial score (nSPS) is 16.0. The van der Waals surface area contributed by atoms with Crippen molar-refractivity contribution in [3.63, 3.8) is 0 Å². The van der Waals surface area contributed by atoms with Crippen molar-refractivity contribution < 1.29 is 9.53 Å². The maximum Gasteiger partial charge on any atom is 0.317 e. The number of methoxy groups -OCH3 is 1. The molecule has 0 atom stereocenters. The zero-order chi connectivity index (χ0) is 13.7. The fraction of sp³-hybridized carbons (Fsp3) is 0.500. The molecule has 19 heavy (non-hydrogen) atoms. The molecule has 0 saturated carbocycles. The van der Waals surface area contributed by atoms with Gasteiger partial charge in [0.25, 0.3) is 0 Å². The molecule has 2 amide bonds. The second-order valence-electron chi connectivity index (χ2n) is 4.66. The Labute approximate surface area is 113 Å². The van der Waals surface area contributed by atoms with Crippen molar-refractivity contribution in [1.82, 2.24) is 10.2 Å². The van der Waals surface area contributed by atoms with Gasteiger partial charge in [-0.3, -0.25) is 0 Å². The second-order valence-corrected chi connectivity index (χ2v) is 4.66. The molecule has 104 valence electrons. The summed E-state index contributed by atoms with van der Waals surface area (Å²) in [5.74, 6) is 0.858. The van der Waals surface area contributed by atoms with Gasteiger partial charge in [-0.2, -0.15) is 0 Å². The first-order chi connectivity index (χ1) is 9.24. The van der Waals surface area contributed by atoms with E-state index in [4.69, 9.17) is 4.74 Å². The number of piperidine rings is 1. The van der Waals surface area contributed by atoms with Crippen LogP contribution in [0.5, 0.6) is 5.75 Å². The number of likely N-dealkylation sites (tertiary alicyclic amines) is 1. The molecule has 1 aliphatic rings. The topological polar surface area (TPSA) is 53.6 Å². The third-order valence-corrected chi connectivity index (χ3v) is 3.46. The molecule has 0 spiro atoms. The Bertz CT molecular complexity index is 428. The lowest BCUT2D eigenvalue weighted by Gasteiger charge is -2.32. The molecule has 1 aliphatic heterocycles. The van der Waals surface area contributed by atoms with Crippen LogP contribution in [0.2, 0.25) is 0 Å². The van der Waals surface area contributed by atoms with Gasteiger partial charge in [-0.05, 0) is 25.0 Å². The smallest absolute Gasteiger partial charge is 0.317 e. The number of nitrogens with one attached hydrogen (secondary N) is 2. The Morgan fingerprint density at radius 1 is 1.32 bits per heavy atom. The van der Waals surface area contributed by atoms with Crippen molar-refractivity contribution in [2.45, 2.75) is 18.9 Å². The van der Waals surface area contributed by atoms with Crippen molar-refractivity contribution in [1.29, 1.82) is 0 Å². The molecule has 0 bridgehead atoms. The van der Waals surface area contributed by atoms with Crippen molar-refractivity contribution >= 4 is 11.7 Å². The van der Waals surface area contributed by atoms with Crippen LogP contribution >= 0.6 is 0 Å². The lowest BCUT2D eigenvalue weighted by Crippen LogP contribution is -2.45. The summed E-state index contributed by atoms with van der Waals surface area (Å²) >= 11 is 0. The van der Waals surface area contributed by atoms with E-state index in [1.807, 2.05) is 29.2 Å². The van der Waals surface area contributed by atoms with Gasteiger partial charge in [0.05, 0.1) is 12.8 Å². The number of rotatable bonds is 3. The molecular formula is C14H21N3O2. The summed E-state index contributed by atoms with van der Waals surface area (Å²) in [6, 6.07) is 8.31. The maximum atomic E-state index is 11.5. The molecule has 1 heterocycles. The zero-order valence-corrected chi connectivity index (χ0v) is 11.5. The lowest BCUT2D eigenvalue weighted by molar-refractivity contribution is 0.186. The summed E-state index contributed by atoms with van der Waals surface area (Å²) in [5, 5.41) is 6.16. The molecule has 1 fully saturated rings. The van der Waals surface area contributed by atoms with Gasteiger partial charge >= 0.3 is 6.03 Å².